The van der Waals surface area contributed by atoms with Crippen molar-refractivity contribution in [3.63, 3.8) is 0 Å². The van der Waals surface area contributed by atoms with Crippen LogP contribution in [-0.2, 0) is 0 Å². The van der Waals surface area contributed by atoms with Gasteiger partial charge in [-0.2, -0.15) is 11.3 Å². The van der Waals surface area contributed by atoms with Crippen molar-refractivity contribution in [3.05, 3.63) is 22.4 Å². The Hall–Kier alpha value is -0.780. The normalized spacial score (nSPS) is 14.2. The van der Waals surface area contributed by atoms with E-state index in [1.54, 1.807) is 11.3 Å². The fourth-order valence-corrected chi connectivity index (χ4v) is 2.04. The number of nitrogens with one attached hydrogen (secondary N) is 1. The number of rotatable bonds is 3. The van der Waals surface area contributed by atoms with E-state index in [-0.39, 0.29) is 6.04 Å². The van der Waals surface area contributed by atoms with Gasteiger partial charge in [-0.1, -0.05) is 12.8 Å². The quantitative estimate of drug-likeness (QED) is 0.751. The minimum atomic E-state index is 0.268. The van der Waals surface area contributed by atoms with Crippen LogP contribution in [0.15, 0.2) is 16.8 Å². The molecule has 0 bridgehead atoms. The molecule has 2 unspecified atom stereocenters. The van der Waals surface area contributed by atoms with Gasteiger partial charge in [0.25, 0.3) is 0 Å². The summed E-state index contributed by atoms with van der Waals surface area (Å²) in [5.41, 5.74) is 1.35. The Morgan fingerprint density at radius 2 is 2.29 bits per heavy atom. The van der Waals surface area contributed by atoms with Crippen molar-refractivity contribution in [3.8, 4) is 11.8 Å². The lowest BCUT2D eigenvalue weighted by molar-refractivity contribution is 0.547. The number of hydrogen-bond donors (Lipinski definition) is 1. The molecule has 2 heteroatoms. The Bertz CT molecular complexity index is 305. The second kappa shape index (κ2) is 5.85. The van der Waals surface area contributed by atoms with Crippen LogP contribution in [0.25, 0.3) is 0 Å². The topological polar surface area (TPSA) is 12.0 Å². The highest BCUT2D eigenvalue weighted by atomic mass is 32.1. The first-order chi connectivity index (χ1) is 6.74. The maximum absolute atomic E-state index is 3.45. The third kappa shape index (κ3) is 3.53. The summed E-state index contributed by atoms with van der Waals surface area (Å²) in [6.07, 6.45) is 0.929. The molecule has 0 radical (unpaired) electrons. The lowest BCUT2D eigenvalue weighted by Gasteiger charge is -2.14. The molecule has 0 aliphatic carbocycles. The molecule has 1 heterocycles. The van der Waals surface area contributed by atoms with Gasteiger partial charge >= 0.3 is 0 Å². The van der Waals surface area contributed by atoms with Gasteiger partial charge in [0.1, 0.15) is 0 Å². The molecule has 0 saturated heterocycles. The molecule has 2 atom stereocenters. The van der Waals surface area contributed by atoms with E-state index >= 15 is 0 Å². The second-order valence-corrected chi connectivity index (χ2v) is 4.12. The van der Waals surface area contributed by atoms with Crippen molar-refractivity contribution in [1.29, 1.82) is 0 Å². The van der Waals surface area contributed by atoms with Crippen LogP contribution in [0.3, 0.4) is 0 Å². The highest BCUT2D eigenvalue weighted by molar-refractivity contribution is 7.07. The molecule has 1 nitrogen and oxygen atoms in total. The monoisotopic (exact) mass is 207 g/mol. The van der Waals surface area contributed by atoms with E-state index in [1.165, 1.54) is 5.56 Å². The zero-order chi connectivity index (χ0) is 10.4. The molecule has 1 aromatic rings. The molecule has 0 amide bonds. The Labute approximate surface area is 90.5 Å². The molecule has 76 valence electrons. The highest BCUT2D eigenvalue weighted by Crippen LogP contribution is 2.15. The van der Waals surface area contributed by atoms with Crippen molar-refractivity contribution in [2.24, 2.45) is 0 Å². The van der Waals surface area contributed by atoms with Crippen LogP contribution in [0, 0.1) is 11.8 Å². The first-order valence-electron chi connectivity index (χ1n) is 5.00. The molecule has 0 aliphatic heterocycles. The summed E-state index contributed by atoms with van der Waals surface area (Å²) in [4.78, 5) is 0. The second-order valence-electron chi connectivity index (χ2n) is 3.34. The smallest absolute Gasteiger partial charge is 0.0665 e. The van der Waals surface area contributed by atoms with Gasteiger partial charge in [0.2, 0.25) is 0 Å². The average molecular weight is 207 g/mol. The molecular formula is C12H17NS. The number of thiophene rings is 1. The molecule has 1 N–H and O–H groups in total. The van der Waals surface area contributed by atoms with Crippen LogP contribution in [0.2, 0.25) is 0 Å². The standard InChI is InChI=1S/C12H17NS/c1-4-5-6-10(2)13-11(3)12-7-8-14-9-12/h7-11,13H,4H2,1-3H3. The van der Waals surface area contributed by atoms with Gasteiger partial charge in [-0.25, -0.2) is 0 Å². The lowest BCUT2D eigenvalue weighted by atomic mass is 10.1. The maximum atomic E-state index is 3.45. The first-order valence-corrected chi connectivity index (χ1v) is 5.94. The summed E-state index contributed by atoms with van der Waals surface area (Å²) >= 11 is 1.74. The van der Waals surface area contributed by atoms with Crippen LogP contribution in [0.4, 0.5) is 0 Å². The van der Waals surface area contributed by atoms with Crippen molar-refractivity contribution in [2.45, 2.75) is 39.3 Å². The van der Waals surface area contributed by atoms with Crippen LogP contribution in [0.5, 0.6) is 0 Å². The van der Waals surface area contributed by atoms with Gasteiger partial charge in [0.05, 0.1) is 6.04 Å². The summed E-state index contributed by atoms with van der Waals surface area (Å²) in [6.45, 7) is 6.35. The average Bonchev–Trinajstić information content (AvgIpc) is 2.67. The molecular weight excluding hydrogens is 190 g/mol. The van der Waals surface area contributed by atoms with E-state index in [0.29, 0.717) is 6.04 Å². The third-order valence-corrected chi connectivity index (χ3v) is 2.74. The van der Waals surface area contributed by atoms with E-state index in [9.17, 15) is 0 Å². The summed E-state index contributed by atoms with van der Waals surface area (Å²) in [6, 6.07) is 2.81. The van der Waals surface area contributed by atoms with E-state index in [0.717, 1.165) is 6.42 Å². The third-order valence-electron chi connectivity index (χ3n) is 2.04. The fourth-order valence-electron chi connectivity index (χ4n) is 1.29. The minimum absolute atomic E-state index is 0.268. The Balaban J connectivity index is 2.45. The molecule has 0 aromatic carbocycles. The van der Waals surface area contributed by atoms with Gasteiger partial charge in [-0.15, -0.1) is 5.92 Å². The largest absolute Gasteiger partial charge is 0.297 e. The maximum Gasteiger partial charge on any atom is 0.0665 e. The summed E-state index contributed by atoms with van der Waals surface area (Å²) in [5.74, 6) is 6.26. The van der Waals surface area contributed by atoms with Gasteiger partial charge in [-0.3, -0.25) is 5.32 Å². The Kier molecular flexibility index (Phi) is 4.72. The van der Waals surface area contributed by atoms with Crippen molar-refractivity contribution in [1.82, 2.24) is 5.32 Å². The molecule has 1 aromatic heterocycles. The Morgan fingerprint density at radius 3 is 2.86 bits per heavy atom. The Morgan fingerprint density at radius 1 is 1.50 bits per heavy atom. The minimum Gasteiger partial charge on any atom is -0.297 e. The van der Waals surface area contributed by atoms with Gasteiger partial charge in [0.15, 0.2) is 0 Å². The highest BCUT2D eigenvalue weighted by Gasteiger charge is 2.06. The van der Waals surface area contributed by atoms with E-state index in [2.05, 4.69) is 54.8 Å². The SMILES string of the molecule is CCC#CC(C)NC(C)c1ccsc1. The van der Waals surface area contributed by atoms with Crippen LogP contribution in [0.1, 0.15) is 38.8 Å². The van der Waals surface area contributed by atoms with Gasteiger partial charge < -0.3 is 0 Å². The summed E-state index contributed by atoms with van der Waals surface area (Å²) in [5, 5.41) is 7.74. The molecule has 14 heavy (non-hydrogen) atoms. The predicted octanol–water partition coefficient (Wildman–Crippen LogP) is 3.20. The number of hydrogen-bond acceptors (Lipinski definition) is 2. The summed E-state index contributed by atoms with van der Waals surface area (Å²) < 4.78 is 0. The van der Waals surface area contributed by atoms with Crippen molar-refractivity contribution < 1.29 is 0 Å². The van der Waals surface area contributed by atoms with Gasteiger partial charge in [0, 0.05) is 12.5 Å². The molecule has 0 spiro atoms. The zero-order valence-corrected chi connectivity index (χ0v) is 9.82. The first kappa shape index (κ1) is 11.3. The van der Waals surface area contributed by atoms with Crippen LogP contribution in [-0.4, -0.2) is 6.04 Å². The van der Waals surface area contributed by atoms with Gasteiger partial charge in [-0.05, 0) is 36.2 Å². The molecule has 1 rings (SSSR count). The zero-order valence-electron chi connectivity index (χ0n) is 9.00. The summed E-state index contributed by atoms with van der Waals surface area (Å²) in [7, 11) is 0. The molecule has 0 saturated carbocycles. The van der Waals surface area contributed by atoms with Crippen molar-refractivity contribution in [2.75, 3.05) is 0 Å². The van der Waals surface area contributed by atoms with E-state index in [4.69, 9.17) is 0 Å². The fraction of sp³-hybridized carbons (Fsp3) is 0.500. The van der Waals surface area contributed by atoms with Crippen LogP contribution < -0.4 is 5.32 Å². The lowest BCUT2D eigenvalue weighted by Crippen LogP contribution is -2.27. The van der Waals surface area contributed by atoms with E-state index in [1.807, 2.05) is 0 Å². The van der Waals surface area contributed by atoms with Crippen molar-refractivity contribution >= 4 is 11.3 Å². The molecule has 0 fully saturated rings. The molecule has 0 aliphatic rings. The van der Waals surface area contributed by atoms with E-state index < -0.39 is 0 Å². The van der Waals surface area contributed by atoms with Crippen LogP contribution >= 0.6 is 11.3 Å². The predicted molar refractivity (Wildman–Crippen MR) is 63.4 cm³/mol.